The highest BCUT2D eigenvalue weighted by atomic mass is 16.5. The average Bonchev–Trinajstić information content (AvgIpc) is 2.53. The number of rotatable bonds is 5. The number of nitrogens with one attached hydrogen (secondary N) is 1. The van der Waals surface area contributed by atoms with Crippen LogP contribution in [0.4, 0.5) is 10.5 Å². The molecular weight excluding hydrogens is 268 g/mol. The molecule has 2 aromatic carbocycles. The van der Waals surface area contributed by atoms with E-state index in [1.807, 2.05) is 49.4 Å². The first-order valence-corrected chi connectivity index (χ1v) is 6.60. The predicted octanol–water partition coefficient (Wildman–Crippen LogP) is 3.76. The molecule has 2 N–H and O–H groups in total. The Balaban J connectivity index is 2.26. The third-order valence-electron chi connectivity index (χ3n) is 3.22. The van der Waals surface area contributed by atoms with Crippen molar-refractivity contribution in [1.82, 2.24) is 5.01 Å². The Kier molecular flexibility index (Phi) is 4.66. The highest BCUT2D eigenvalue weighted by molar-refractivity contribution is 5.69. The largest absolute Gasteiger partial charge is 0.495 e. The number of ether oxygens (including phenoxy) is 1. The fourth-order valence-electron chi connectivity index (χ4n) is 2.06. The lowest BCUT2D eigenvalue weighted by molar-refractivity contribution is 0.141. The molecule has 0 aliphatic carbocycles. The van der Waals surface area contributed by atoms with E-state index in [1.165, 1.54) is 0 Å². The lowest BCUT2D eigenvalue weighted by Crippen LogP contribution is -2.37. The molecule has 0 saturated heterocycles. The van der Waals surface area contributed by atoms with Gasteiger partial charge in [-0.2, -0.15) is 0 Å². The Morgan fingerprint density at radius 2 is 1.76 bits per heavy atom. The van der Waals surface area contributed by atoms with Crippen LogP contribution < -0.4 is 10.2 Å². The van der Waals surface area contributed by atoms with Crippen LogP contribution in [0.25, 0.3) is 0 Å². The van der Waals surface area contributed by atoms with E-state index in [-0.39, 0.29) is 6.04 Å². The van der Waals surface area contributed by atoms with Crippen molar-refractivity contribution in [2.75, 3.05) is 12.5 Å². The van der Waals surface area contributed by atoms with E-state index in [0.717, 1.165) is 10.6 Å². The fourth-order valence-corrected chi connectivity index (χ4v) is 2.06. The highest BCUT2D eigenvalue weighted by Crippen LogP contribution is 2.27. The van der Waals surface area contributed by atoms with Gasteiger partial charge in [0.2, 0.25) is 0 Å². The van der Waals surface area contributed by atoms with Crippen LogP contribution in [0.5, 0.6) is 5.75 Å². The van der Waals surface area contributed by atoms with Crippen LogP contribution in [0.3, 0.4) is 0 Å². The number of benzene rings is 2. The summed E-state index contributed by atoms with van der Waals surface area (Å²) in [5.74, 6) is 0.587. The minimum Gasteiger partial charge on any atom is -0.495 e. The van der Waals surface area contributed by atoms with Gasteiger partial charge in [-0.3, -0.25) is 5.43 Å². The number of carbonyl (C=O) groups is 1. The molecule has 0 aromatic heterocycles. The zero-order valence-corrected chi connectivity index (χ0v) is 12.0. The average molecular weight is 286 g/mol. The first-order chi connectivity index (χ1) is 10.1. The standard InChI is InChI=1S/C16H18N2O3/c1-12(13-8-4-3-5-9-13)18(16(19)20)17-14-10-6-7-11-15(14)21-2/h3-12,17H,1-2H3,(H,19,20). The Hall–Kier alpha value is -2.69. The normalized spacial score (nSPS) is 11.5. The maximum absolute atomic E-state index is 11.5. The number of amides is 1. The summed E-state index contributed by atoms with van der Waals surface area (Å²) < 4.78 is 5.23. The van der Waals surface area contributed by atoms with Crippen molar-refractivity contribution in [2.24, 2.45) is 0 Å². The van der Waals surface area contributed by atoms with Gasteiger partial charge in [-0.15, -0.1) is 0 Å². The Bertz CT molecular complexity index is 601. The van der Waals surface area contributed by atoms with E-state index >= 15 is 0 Å². The predicted molar refractivity (Wildman–Crippen MR) is 81.3 cm³/mol. The fraction of sp³-hybridized carbons (Fsp3) is 0.188. The molecule has 0 bridgehead atoms. The third-order valence-corrected chi connectivity index (χ3v) is 3.22. The molecule has 1 atom stereocenters. The third kappa shape index (κ3) is 3.45. The van der Waals surface area contributed by atoms with Crippen molar-refractivity contribution in [3.63, 3.8) is 0 Å². The molecule has 0 spiro atoms. The van der Waals surface area contributed by atoms with Crippen molar-refractivity contribution in [3.8, 4) is 5.75 Å². The van der Waals surface area contributed by atoms with Crippen LogP contribution in [0.2, 0.25) is 0 Å². The van der Waals surface area contributed by atoms with Gasteiger partial charge < -0.3 is 9.84 Å². The summed E-state index contributed by atoms with van der Waals surface area (Å²) in [6.07, 6.45) is -1.06. The first kappa shape index (κ1) is 14.7. The zero-order chi connectivity index (χ0) is 15.2. The van der Waals surface area contributed by atoms with Crippen molar-refractivity contribution in [2.45, 2.75) is 13.0 Å². The topological polar surface area (TPSA) is 61.8 Å². The van der Waals surface area contributed by atoms with Crippen LogP contribution >= 0.6 is 0 Å². The van der Waals surface area contributed by atoms with Gasteiger partial charge in [0.05, 0.1) is 18.8 Å². The SMILES string of the molecule is COc1ccccc1NN(C(=O)O)C(C)c1ccccc1. The minimum absolute atomic E-state index is 0.339. The van der Waals surface area contributed by atoms with E-state index in [0.29, 0.717) is 11.4 Å². The lowest BCUT2D eigenvalue weighted by Gasteiger charge is -2.28. The van der Waals surface area contributed by atoms with Crippen LogP contribution in [-0.4, -0.2) is 23.3 Å². The van der Waals surface area contributed by atoms with E-state index < -0.39 is 6.09 Å². The molecule has 21 heavy (non-hydrogen) atoms. The maximum Gasteiger partial charge on any atom is 0.426 e. The van der Waals surface area contributed by atoms with Crippen LogP contribution in [0, 0.1) is 0 Å². The Labute approximate surface area is 123 Å². The molecule has 5 heteroatoms. The molecule has 2 rings (SSSR count). The molecule has 5 nitrogen and oxygen atoms in total. The monoisotopic (exact) mass is 286 g/mol. The summed E-state index contributed by atoms with van der Waals surface area (Å²) in [6, 6.07) is 16.3. The van der Waals surface area contributed by atoms with E-state index in [9.17, 15) is 9.90 Å². The molecule has 1 amide bonds. The van der Waals surface area contributed by atoms with Gasteiger partial charge in [-0.1, -0.05) is 42.5 Å². The van der Waals surface area contributed by atoms with Gasteiger partial charge in [0, 0.05) is 0 Å². The molecule has 1 unspecified atom stereocenters. The summed E-state index contributed by atoms with van der Waals surface area (Å²) in [4.78, 5) is 11.5. The molecule has 0 fully saturated rings. The van der Waals surface area contributed by atoms with E-state index in [1.54, 1.807) is 19.2 Å². The second-order valence-electron chi connectivity index (χ2n) is 4.55. The van der Waals surface area contributed by atoms with Crippen LogP contribution in [-0.2, 0) is 0 Å². The number of hydrazine groups is 1. The number of hydrogen-bond donors (Lipinski definition) is 2. The summed E-state index contributed by atoms with van der Waals surface area (Å²) in [6.45, 7) is 1.83. The van der Waals surface area contributed by atoms with Gasteiger partial charge in [0.15, 0.2) is 0 Å². The molecule has 0 aliphatic rings. The molecular formula is C16H18N2O3. The molecule has 0 aliphatic heterocycles. The van der Waals surface area contributed by atoms with Crippen molar-refractivity contribution in [3.05, 3.63) is 60.2 Å². The molecule has 110 valence electrons. The van der Waals surface area contributed by atoms with Crippen molar-refractivity contribution >= 4 is 11.8 Å². The molecule has 0 heterocycles. The summed E-state index contributed by atoms with van der Waals surface area (Å²) in [7, 11) is 1.55. The van der Waals surface area contributed by atoms with Gasteiger partial charge in [-0.05, 0) is 24.6 Å². The summed E-state index contributed by atoms with van der Waals surface area (Å²) in [5, 5.41) is 10.6. The number of methoxy groups -OCH3 is 1. The van der Waals surface area contributed by atoms with Crippen molar-refractivity contribution < 1.29 is 14.6 Å². The molecule has 0 saturated carbocycles. The summed E-state index contributed by atoms with van der Waals surface area (Å²) >= 11 is 0. The number of nitrogens with zero attached hydrogens (tertiary/aromatic N) is 1. The second-order valence-corrected chi connectivity index (χ2v) is 4.55. The van der Waals surface area contributed by atoms with Gasteiger partial charge in [0.1, 0.15) is 5.75 Å². The smallest absolute Gasteiger partial charge is 0.426 e. The van der Waals surface area contributed by atoms with Crippen molar-refractivity contribution in [1.29, 1.82) is 0 Å². The van der Waals surface area contributed by atoms with Gasteiger partial charge >= 0.3 is 6.09 Å². The first-order valence-electron chi connectivity index (χ1n) is 6.60. The number of anilines is 1. The Morgan fingerprint density at radius 3 is 2.38 bits per heavy atom. The molecule has 2 aromatic rings. The summed E-state index contributed by atoms with van der Waals surface area (Å²) in [5.41, 5.74) is 4.41. The lowest BCUT2D eigenvalue weighted by atomic mass is 10.1. The van der Waals surface area contributed by atoms with E-state index in [2.05, 4.69) is 5.43 Å². The number of carboxylic acid groups (broad SMARTS) is 1. The second kappa shape index (κ2) is 6.65. The number of hydrogen-bond acceptors (Lipinski definition) is 3. The van der Waals surface area contributed by atoms with Gasteiger partial charge in [0.25, 0.3) is 0 Å². The van der Waals surface area contributed by atoms with Crippen LogP contribution in [0.15, 0.2) is 54.6 Å². The highest BCUT2D eigenvalue weighted by Gasteiger charge is 2.21. The quantitative estimate of drug-likeness (QED) is 0.821. The van der Waals surface area contributed by atoms with Gasteiger partial charge in [-0.25, -0.2) is 9.80 Å². The minimum atomic E-state index is -1.06. The zero-order valence-electron chi connectivity index (χ0n) is 12.0. The van der Waals surface area contributed by atoms with Crippen LogP contribution in [0.1, 0.15) is 18.5 Å². The Morgan fingerprint density at radius 1 is 1.14 bits per heavy atom. The molecule has 0 radical (unpaired) electrons. The number of para-hydroxylation sites is 2. The maximum atomic E-state index is 11.5. The van der Waals surface area contributed by atoms with E-state index in [4.69, 9.17) is 4.74 Å².